The van der Waals surface area contributed by atoms with Gasteiger partial charge in [0.15, 0.2) is 5.57 Å². The summed E-state index contributed by atoms with van der Waals surface area (Å²) >= 11 is 0. The molecular formula is C19H19N3O2. The zero-order valence-corrected chi connectivity index (χ0v) is 13.9. The Morgan fingerprint density at radius 3 is 1.67 bits per heavy atom. The number of rotatable bonds is 5. The van der Waals surface area contributed by atoms with Crippen molar-refractivity contribution in [3.8, 4) is 6.07 Å². The summed E-state index contributed by atoms with van der Waals surface area (Å²) < 4.78 is 4.70. The number of aryl methyl sites for hydroxylation is 2. The number of nitrogens with zero attached hydrogens (tertiary/aromatic N) is 1. The lowest BCUT2D eigenvalue weighted by Crippen LogP contribution is -2.17. The molecule has 0 spiro atoms. The molecule has 0 radical (unpaired) electrons. The van der Waals surface area contributed by atoms with Crippen LogP contribution in [0.1, 0.15) is 11.1 Å². The maximum atomic E-state index is 11.9. The number of nitriles is 1. The largest absolute Gasteiger partial charge is 0.465 e. The number of carbonyl (C=O) groups excluding carboxylic acids is 1. The highest BCUT2D eigenvalue weighted by atomic mass is 16.5. The van der Waals surface area contributed by atoms with Crippen LogP contribution in [0.5, 0.6) is 0 Å². The summed E-state index contributed by atoms with van der Waals surface area (Å²) in [5.74, 6) is -0.427. The van der Waals surface area contributed by atoms with Crippen molar-refractivity contribution < 1.29 is 9.53 Å². The molecule has 0 unspecified atom stereocenters. The topological polar surface area (TPSA) is 74.2 Å². The molecule has 5 heteroatoms. The molecule has 2 N–H and O–H groups in total. The molecule has 2 aromatic rings. The summed E-state index contributed by atoms with van der Waals surface area (Å²) in [6.45, 7) is 3.97. The van der Waals surface area contributed by atoms with Gasteiger partial charge >= 0.3 is 5.97 Å². The zero-order valence-electron chi connectivity index (χ0n) is 13.9. The number of esters is 1. The number of anilines is 2. The van der Waals surface area contributed by atoms with Crippen molar-refractivity contribution in [3.63, 3.8) is 0 Å². The monoisotopic (exact) mass is 321 g/mol. The van der Waals surface area contributed by atoms with E-state index in [1.54, 1.807) is 0 Å². The molecule has 0 atom stereocenters. The van der Waals surface area contributed by atoms with Crippen LogP contribution in [-0.2, 0) is 9.53 Å². The van der Waals surface area contributed by atoms with E-state index >= 15 is 0 Å². The molecule has 0 aliphatic rings. The predicted octanol–water partition coefficient (Wildman–Crippen LogP) is 3.74. The SMILES string of the molecule is COC(=O)C(C#N)=C(Nc1ccc(C)cc1)Nc1ccc(C)cc1. The highest BCUT2D eigenvalue weighted by molar-refractivity contribution is 5.95. The third-order valence-corrected chi connectivity index (χ3v) is 3.39. The molecule has 2 aromatic carbocycles. The van der Waals surface area contributed by atoms with Crippen LogP contribution in [-0.4, -0.2) is 13.1 Å². The van der Waals surface area contributed by atoms with E-state index in [2.05, 4.69) is 10.6 Å². The van der Waals surface area contributed by atoms with E-state index < -0.39 is 5.97 Å². The van der Waals surface area contributed by atoms with Gasteiger partial charge in [-0.1, -0.05) is 35.4 Å². The van der Waals surface area contributed by atoms with E-state index in [-0.39, 0.29) is 11.4 Å². The average Bonchev–Trinajstić information content (AvgIpc) is 2.59. The van der Waals surface area contributed by atoms with Gasteiger partial charge in [0.05, 0.1) is 7.11 Å². The number of carbonyl (C=O) groups is 1. The first-order chi connectivity index (χ1) is 11.5. The minimum absolute atomic E-state index is 0.126. The van der Waals surface area contributed by atoms with Crippen molar-refractivity contribution in [2.75, 3.05) is 17.7 Å². The summed E-state index contributed by atoms with van der Waals surface area (Å²) in [5, 5.41) is 15.5. The van der Waals surface area contributed by atoms with Crippen LogP contribution in [0, 0.1) is 25.2 Å². The Kier molecular flexibility index (Phi) is 5.58. The molecule has 0 fully saturated rings. The highest BCUT2D eigenvalue weighted by Crippen LogP contribution is 2.18. The number of hydrogen-bond donors (Lipinski definition) is 2. The molecule has 0 heterocycles. The molecule has 0 aliphatic carbocycles. The van der Waals surface area contributed by atoms with Gasteiger partial charge in [-0.05, 0) is 38.1 Å². The van der Waals surface area contributed by atoms with Gasteiger partial charge in [0.25, 0.3) is 0 Å². The molecule has 24 heavy (non-hydrogen) atoms. The molecular weight excluding hydrogens is 302 g/mol. The second-order valence-corrected chi connectivity index (χ2v) is 5.34. The van der Waals surface area contributed by atoms with E-state index in [0.29, 0.717) is 0 Å². The lowest BCUT2D eigenvalue weighted by Gasteiger charge is -2.15. The van der Waals surface area contributed by atoms with Crippen molar-refractivity contribution in [2.24, 2.45) is 0 Å². The Morgan fingerprint density at radius 1 is 0.917 bits per heavy atom. The molecule has 0 amide bonds. The molecule has 0 aromatic heterocycles. The van der Waals surface area contributed by atoms with Crippen LogP contribution in [0.3, 0.4) is 0 Å². The standard InChI is InChI=1S/C19H19N3O2/c1-13-4-8-15(9-5-13)21-18(17(12-20)19(23)24-3)22-16-10-6-14(2)7-11-16/h4-11,21-22H,1-3H3. The average molecular weight is 321 g/mol. The van der Waals surface area contributed by atoms with Crippen LogP contribution in [0.15, 0.2) is 59.9 Å². The fraction of sp³-hybridized carbons (Fsp3) is 0.158. The Morgan fingerprint density at radius 2 is 1.33 bits per heavy atom. The first-order valence-corrected chi connectivity index (χ1v) is 7.43. The van der Waals surface area contributed by atoms with Crippen LogP contribution in [0.25, 0.3) is 0 Å². The van der Waals surface area contributed by atoms with Gasteiger partial charge in [0, 0.05) is 11.4 Å². The molecule has 0 saturated heterocycles. The Labute approximate surface area is 141 Å². The number of hydrogen-bond acceptors (Lipinski definition) is 5. The first kappa shape index (κ1) is 17.1. The number of ether oxygens (including phenoxy) is 1. The van der Waals surface area contributed by atoms with Crippen molar-refractivity contribution in [1.82, 2.24) is 0 Å². The van der Waals surface area contributed by atoms with E-state index in [1.807, 2.05) is 68.4 Å². The second-order valence-electron chi connectivity index (χ2n) is 5.34. The van der Waals surface area contributed by atoms with Crippen LogP contribution in [0.4, 0.5) is 11.4 Å². The summed E-state index contributed by atoms with van der Waals surface area (Å²) in [4.78, 5) is 11.9. The molecule has 122 valence electrons. The minimum Gasteiger partial charge on any atom is -0.465 e. The third-order valence-electron chi connectivity index (χ3n) is 3.39. The molecule has 0 aliphatic heterocycles. The smallest absolute Gasteiger partial charge is 0.352 e. The lowest BCUT2D eigenvalue weighted by atomic mass is 10.2. The van der Waals surface area contributed by atoms with E-state index in [4.69, 9.17) is 4.74 Å². The lowest BCUT2D eigenvalue weighted by molar-refractivity contribution is -0.135. The fourth-order valence-electron chi connectivity index (χ4n) is 2.02. The Bertz CT molecular complexity index is 735. The molecule has 0 bridgehead atoms. The highest BCUT2D eigenvalue weighted by Gasteiger charge is 2.17. The maximum absolute atomic E-state index is 11.9. The Balaban J connectivity index is 2.38. The van der Waals surface area contributed by atoms with E-state index in [0.717, 1.165) is 22.5 Å². The van der Waals surface area contributed by atoms with Crippen molar-refractivity contribution in [3.05, 3.63) is 71.1 Å². The van der Waals surface area contributed by atoms with Gasteiger partial charge in [0.2, 0.25) is 0 Å². The summed E-state index contributed by atoms with van der Waals surface area (Å²) in [6.07, 6.45) is 0. The van der Waals surface area contributed by atoms with Crippen LogP contribution < -0.4 is 10.6 Å². The summed E-state index contributed by atoms with van der Waals surface area (Å²) in [5.41, 5.74) is 3.62. The second kappa shape index (κ2) is 7.84. The van der Waals surface area contributed by atoms with Gasteiger partial charge in [-0.2, -0.15) is 5.26 Å². The number of benzene rings is 2. The predicted molar refractivity (Wildman–Crippen MR) is 94.3 cm³/mol. The fourth-order valence-corrected chi connectivity index (χ4v) is 2.02. The normalized spacial score (nSPS) is 9.58. The first-order valence-electron chi connectivity index (χ1n) is 7.43. The number of nitrogens with one attached hydrogen (secondary N) is 2. The zero-order chi connectivity index (χ0) is 17.5. The van der Waals surface area contributed by atoms with E-state index in [1.165, 1.54) is 7.11 Å². The van der Waals surface area contributed by atoms with E-state index in [9.17, 15) is 10.1 Å². The van der Waals surface area contributed by atoms with Crippen molar-refractivity contribution in [1.29, 1.82) is 5.26 Å². The summed E-state index contributed by atoms with van der Waals surface area (Å²) in [6, 6.07) is 17.2. The minimum atomic E-state index is -0.702. The van der Waals surface area contributed by atoms with Gasteiger partial charge in [-0.3, -0.25) is 0 Å². The molecule has 2 rings (SSSR count). The Hall–Kier alpha value is -3.26. The quantitative estimate of drug-likeness (QED) is 0.498. The number of methoxy groups -OCH3 is 1. The summed E-state index contributed by atoms with van der Waals surface area (Å²) in [7, 11) is 1.25. The molecule has 0 saturated carbocycles. The molecule has 5 nitrogen and oxygen atoms in total. The van der Waals surface area contributed by atoms with Crippen LogP contribution >= 0.6 is 0 Å². The maximum Gasteiger partial charge on any atom is 0.352 e. The third kappa shape index (κ3) is 4.37. The van der Waals surface area contributed by atoms with Crippen molar-refractivity contribution in [2.45, 2.75) is 13.8 Å². The van der Waals surface area contributed by atoms with Gasteiger partial charge in [-0.15, -0.1) is 0 Å². The van der Waals surface area contributed by atoms with Gasteiger partial charge in [-0.25, -0.2) is 4.79 Å². The van der Waals surface area contributed by atoms with Gasteiger partial charge in [0.1, 0.15) is 11.9 Å². The van der Waals surface area contributed by atoms with Crippen molar-refractivity contribution >= 4 is 17.3 Å². The van der Waals surface area contributed by atoms with Gasteiger partial charge < -0.3 is 15.4 Å². The van der Waals surface area contributed by atoms with Crippen LogP contribution in [0.2, 0.25) is 0 Å².